The van der Waals surface area contributed by atoms with E-state index >= 15 is 0 Å². The summed E-state index contributed by atoms with van der Waals surface area (Å²) < 4.78 is 0. The predicted molar refractivity (Wildman–Crippen MR) is 122 cm³/mol. The van der Waals surface area contributed by atoms with E-state index in [9.17, 15) is 9.59 Å². The molecular weight excluding hydrogens is 400 g/mol. The van der Waals surface area contributed by atoms with E-state index in [-0.39, 0.29) is 23.2 Å². The third-order valence-corrected chi connectivity index (χ3v) is 7.30. The second-order valence-corrected chi connectivity index (χ2v) is 10.2. The van der Waals surface area contributed by atoms with Gasteiger partial charge >= 0.3 is 0 Å². The largest absolute Gasteiger partial charge is 0.352 e. The Morgan fingerprint density at radius 2 is 1.90 bits per heavy atom. The zero-order valence-corrected chi connectivity index (χ0v) is 19.0. The molecule has 1 fully saturated rings. The van der Waals surface area contributed by atoms with Gasteiger partial charge in [-0.15, -0.1) is 23.1 Å². The van der Waals surface area contributed by atoms with Crippen LogP contribution in [-0.4, -0.2) is 39.9 Å². The molecule has 1 aromatic carbocycles. The van der Waals surface area contributed by atoms with Crippen LogP contribution in [0.5, 0.6) is 0 Å². The average Bonchev–Trinajstić information content (AvgIpc) is 3.36. The van der Waals surface area contributed by atoms with Crippen molar-refractivity contribution in [1.82, 2.24) is 10.2 Å². The molecule has 1 aliphatic rings. The van der Waals surface area contributed by atoms with E-state index in [0.717, 1.165) is 19.3 Å². The highest BCUT2D eigenvalue weighted by molar-refractivity contribution is 8.00. The standard InChI is InChI=1S/C23H30N2O2S2/c1-16(2)14-21-25(23(27)20-10-7-13-28-20)19(15-29-21)22(26)24-17(3)11-12-18-8-5-4-6-9-18/h4-10,13,16-17,19,21H,11-12,14-15H2,1-3H3,(H,24,26). The summed E-state index contributed by atoms with van der Waals surface area (Å²) in [4.78, 5) is 28.8. The van der Waals surface area contributed by atoms with Gasteiger partial charge in [0, 0.05) is 11.8 Å². The van der Waals surface area contributed by atoms with Crippen molar-refractivity contribution >= 4 is 34.9 Å². The number of thioether (sulfide) groups is 1. The molecule has 1 aromatic heterocycles. The number of nitrogens with zero attached hydrogens (tertiary/aromatic N) is 1. The molecule has 0 aliphatic carbocycles. The minimum atomic E-state index is -0.405. The van der Waals surface area contributed by atoms with Gasteiger partial charge in [0.1, 0.15) is 6.04 Å². The first kappa shape index (κ1) is 21.9. The molecule has 3 atom stereocenters. The highest BCUT2D eigenvalue weighted by atomic mass is 32.2. The lowest BCUT2D eigenvalue weighted by Crippen LogP contribution is -2.51. The first-order valence-corrected chi connectivity index (χ1v) is 12.2. The average molecular weight is 431 g/mol. The molecule has 2 aromatic rings. The van der Waals surface area contributed by atoms with E-state index in [1.165, 1.54) is 16.9 Å². The van der Waals surface area contributed by atoms with Gasteiger partial charge in [-0.05, 0) is 49.1 Å². The van der Waals surface area contributed by atoms with Gasteiger partial charge in [-0.1, -0.05) is 50.2 Å². The van der Waals surface area contributed by atoms with Crippen LogP contribution in [0.3, 0.4) is 0 Å². The zero-order valence-electron chi connectivity index (χ0n) is 17.3. The van der Waals surface area contributed by atoms with Crippen LogP contribution >= 0.6 is 23.1 Å². The number of aryl methyl sites for hydroxylation is 1. The summed E-state index contributed by atoms with van der Waals surface area (Å²) in [6.07, 6.45) is 2.70. The van der Waals surface area contributed by atoms with Crippen LogP contribution in [0.1, 0.15) is 48.8 Å². The molecule has 1 saturated heterocycles. The minimum Gasteiger partial charge on any atom is -0.352 e. The molecule has 1 aliphatic heterocycles. The van der Waals surface area contributed by atoms with E-state index in [1.54, 1.807) is 11.8 Å². The molecular formula is C23H30N2O2S2. The normalized spacial score (nSPS) is 20.1. The molecule has 2 heterocycles. The van der Waals surface area contributed by atoms with Gasteiger partial charge in [-0.25, -0.2) is 0 Å². The van der Waals surface area contributed by atoms with Crippen molar-refractivity contribution in [2.45, 2.75) is 57.5 Å². The number of amides is 2. The summed E-state index contributed by atoms with van der Waals surface area (Å²) in [6.45, 7) is 6.36. The maximum atomic E-state index is 13.2. The van der Waals surface area contributed by atoms with Crippen LogP contribution in [0.4, 0.5) is 0 Å². The summed E-state index contributed by atoms with van der Waals surface area (Å²) in [7, 11) is 0. The first-order chi connectivity index (χ1) is 14.0. The van der Waals surface area contributed by atoms with Gasteiger partial charge in [0.25, 0.3) is 5.91 Å². The van der Waals surface area contributed by atoms with Gasteiger partial charge in [0.2, 0.25) is 5.91 Å². The first-order valence-electron chi connectivity index (χ1n) is 10.3. The Hall–Kier alpha value is -1.79. The molecule has 0 saturated carbocycles. The second-order valence-electron chi connectivity index (χ2n) is 8.06. The number of carbonyl (C=O) groups is 2. The van der Waals surface area contributed by atoms with E-state index in [0.29, 0.717) is 16.5 Å². The Bertz CT molecular complexity index is 792. The van der Waals surface area contributed by atoms with Crippen LogP contribution in [-0.2, 0) is 11.2 Å². The van der Waals surface area contributed by atoms with Crippen molar-refractivity contribution in [3.63, 3.8) is 0 Å². The van der Waals surface area contributed by atoms with Crippen LogP contribution in [0.15, 0.2) is 47.8 Å². The van der Waals surface area contributed by atoms with Crippen molar-refractivity contribution in [2.75, 3.05) is 5.75 Å². The summed E-state index contributed by atoms with van der Waals surface area (Å²) in [5, 5.41) is 5.12. The monoisotopic (exact) mass is 430 g/mol. The SMILES string of the molecule is CC(C)CC1SCC(C(=O)NC(C)CCc2ccccc2)N1C(=O)c1cccs1. The van der Waals surface area contributed by atoms with Gasteiger partial charge in [0.05, 0.1) is 10.3 Å². The van der Waals surface area contributed by atoms with Crippen molar-refractivity contribution < 1.29 is 9.59 Å². The molecule has 6 heteroatoms. The molecule has 4 nitrogen and oxygen atoms in total. The topological polar surface area (TPSA) is 49.4 Å². The van der Waals surface area contributed by atoms with Gasteiger partial charge in [-0.2, -0.15) is 0 Å². The summed E-state index contributed by atoms with van der Waals surface area (Å²) in [5.74, 6) is 1.07. The van der Waals surface area contributed by atoms with Crippen LogP contribution in [0.2, 0.25) is 0 Å². The number of thiophene rings is 1. The predicted octanol–water partition coefficient (Wildman–Crippen LogP) is 4.82. The molecule has 3 unspecified atom stereocenters. The summed E-state index contributed by atoms with van der Waals surface area (Å²) in [5.41, 5.74) is 1.27. The number of hydrogen-bond acceptors (Lipinski definition) is 4. The van der Waals surface area contributed by atoms with Crippen molar-refractivity contribution in [3.05, 3.63) is 58.3 Å². The van der Waals surface area contributed by atoms with Crippen molar-refractivity contribution in [2.24, 2.45) is 5.92 Å². The van der Waals surface area contributed by atoms with Crippen LogP contribution < -0.4 is 5.32 Å². The highest BCUT2D eigenvalue weighted by Crippen LogP contribution is 2.35. The smallest absolute Gasteiger partial charge is 0.265 e. The van der Waals surface area contributed by atoms with E-state index in [4.69, 9.17) is 0 Å². The van der Waals surface area contributed by atoms with E-state index < -0.39 is 6.04 Å². The number of rotatable bonds is 8. The molecule has 1 N–H and O–H groups in total. The number of benzene rings is 1. The fourth-order valence-electron chi connectivity index (χ4n) is 3.59. The van der Waals surface area contributed by atoms with Crippen LogP contribution in [0.25, 0.3) is 0 Å². The van der Waals surface area contributed by atoms with E-state index in [2.05, 4.69) is 31.3 Å². The molecule has 2 amide bonds. The third-order valence-electron chi connectivity index (χ3n) is 5.13. The molecule has 156 valence electrons. The number of nitrogens with one attached hydrogen (secondary N) is 1. The third kappa shape index (κ3) is 5.86. The van der Waals surface area contributed by atoms with Gasteiger partial charge in [0.15, 0.2) is 0 Å². The highest BCUT2D eigenvalue weighted by Gasteiger charge is 2.42. The van der Waals surface area contributed by atoms with Crippen LogP contribution in [0, 0.1) is 5.92 Å². The van der Waals surface area contributed by atoms with Crippen molar-refractivity contribution in [1.29, 1.82) is 0 Å². The molecule has 0 radical (unpaired) electrons. The number of carbonyl (C=O) groups excluding carboxylic acids is 2. The molecule has 0 bridgehead atoms. The zero-order chi connectivity index (χ0) is 20.8. The lowest BCUT2D eigenvalue weighted by Gasteiger charge is -2.30. The Labute approximate surface area is 182 Å². The lowest BCUT2D eigenvalue weighted by molar-refractivity contribution is -0.125. The van der Waals surface area contributed by atoms with Gasteiger partial charge < -0.3 is 10.2 Å². The minimum absolute atomic E-state index is 0.0206. The Balaban J connectivity index is 1.64. The fourth-order valence-corrected chi connectivity index (χ4v) is 5.90. The fraction of sp³-hybridized carbons (Fsp3) is 0.478. The Kier molecular flexibility index (Phi) is 7.78. The molecule has 3 rings (SSSR count). The Morgan fingerprint density at radius 3 is 2.55 bits per heavy atom. The number of hydrogen-bond donors (Lipinski definition) is 1. The van der Waals surface area contributed by atoms with E-state index in [1.807, 2.05) is 47.5 Å². The Morgan fingerprint density at radius 1 is 1.14 bits per heavy atom. The lowest BCUT2D eigenvalue weighted by atomic mass is 10.1. The maximum absolute atomic E-state index is 13.2. The quantitative estimate of drug-likeness (QED) is 0.653. The molecule has 29 heavy (non-hydrogen) atoms. The van der Waals surface area contributed by atoms with Gasteiger partial charge in [-0.3, -0.25) is 9.59 Å². The second kappa shape index (κ2) is 10.3. The summed E-state index contributed by atoms with van der Waals surface area (Å²) in [6, 6.07) is 13.7. The molecule has 0 spiro atoms. The summed E-state index contributed by atoms with van der Waals surface area (Å²) >= 11 is 3.17. The maximum Gasteiger partial charge on any atom is 0.265 e. The van der Waals surface area contributed by atoms with Crippen molar-refractivity contribution in [3.8, 4) is 0 Å².